The summed E-state index contributed by atoms with van der Waals surface area (Å²) in [5.74, 6) is 1.18. The molecule has 2 aromatic carbocycles. The van der Waals surface area contributed by atoms with E-state index in [1.165, 1.54) is 22.3 Å². The average Bonchev–Trinajstić information content (AvgIpc) is 3.15. The number of carbonyl (C=O) groups excluding carboxylic acids is 1. The number of amidine groups is 1. The van der Waals surface area contributed by atoms with E-state index in [2.05, 4.69) is 70.8 Å². The van der Waals surface area contributed by atoms with E-state index in [0.29, 0.717) is 17.5 Å². The number of fused-ring (bicyclic) bond motifs is 3. The third-order valence-corrected chi connectivity index (χ3v) is 6.53. The largest absolute Gasteiger partial charge is 0.329 e. The number of carbonyl (C=O) groups is 1. The van der Waals surface area contributed by atoms with Gasteiger partial charge in [0.2, 0.25) is 0 Å². The molecule has 0 aromatic heterocycles. The monoisotopic (exact) mass is 415 g/mol. The Hall–Kier alpha value is -2.99. The van der Waals surface area contributed by atoms with Gasteiger partial charge >= 0.3 is 0 Å². The van der Waals surface area contributed by atoms with Crippen LogP contribution in [0.5, 0.6) is 0 Å². The van der Waals surface area contributed by atoms with Gasteiger partial charge in [0.05, 0.1) is 11.4 Å². The fourth-order valence-corrected chi connectivity index (χ4v) is 4.78. The third-order valence-electron chi connectivity index (χ3n) is 6.53. The van der Waals surface area contributed by atoms with E-state index in [0.717, 1.165) is 43.9 Å². The van der Waals surface area contributed by atoms with Gasteiger partial charge in [-0.05, 0) is 80.5 Å². The number of nitrogens with one attached hydrogen (secondary N) is 2. The van der Waals surface area contributed by atoms with Gasteiger partial charge in [0.15, 0.2) is 11.5 Å². The molecule has 31 heavy (non-hydrogen) atoms. The minimum Gasteiger partial charge on any atom is -0.329 e. The lowest BCUT2D eigenvalue weighted by Gasteiger charge is -2.35. The second-order valence-electron chi connectivity index (χ2n) is 8.89. The molecule has 0 saturated heterocycles. The van der Waals surface area contributed by atoms with E-state index in [4.69, 9.17) is 4.99 Å². The van der Waals surface area contributed by atoms with E-state index < -0.39 is 0 Å². The van der Waals surface area contributed by atoms with Crippen LogP contribution in [0.3, 0.4) is 0 Å². The highest BCUT2D eigenvalue weighted by molar-refractivity contribution is 6.70. The molecule has 1 aliphatic carbocycles. The summed E-state index contributed by atoms with van der Waals surface area (Å²) in [4.78, 5) is 24.1. The predicted molar refractivity (Wildman–Crippen MR) is 126 cm³/mol. The summed E-state index contributed by atoms with van der Waals surface area (Å²) in [6, 6.07) is 13.0. The number of aliphatic imine (C=N–C) groups is 2. The molecule has 2 N–H and O–H groups in total. The molecule has 0 saturated carbocycles. The van der Waals surface area contributed by atoms with E-state index in [-0.39, 0.29) is 12.1 Å². The van der Waals surface area contributed by atoms with Crippen LogP contribution in [-0.4, -0.2) is 43.3 Å². The quantitative estimate of drug-likeness (QED) is 0.738. The highest BCUT2D eigenvalue weighted by Crippen LogP contribution is 2.36. The standard InChI is InChI=1S/C25H29N5O/c1-15-10-21-22(11-16(15)2)30(24-23(29-21)25(31)28-17(3)27-24)9-8-26-14-18-12-19-6-4-5-7-20(19)13-18/h4-7,10-11,17-18,26H,8-9,12-14H2,1-3H3,(H,28,31). The second-order valence-corrected chi connectivity index (χ2v) is 8.89. The minimum absolute atomic E-state index is 0.150. The maximum atomic E-state index is 12.6. The Morgan fingerprint density at radius 2 is 1.84 bits per heavy atom. The highest BCUT2D eigenvalue weighted by Gasteiger charge is 2.34. The SMILES string of the molecule is Cc1cc2c(cc1C)N(CCNCC1Cc3ccccc3C1)C1=NC(C)NC(=O)C1=N2. The topological polar surface area (TPSA) is 69.1 Å². The molecular formula is C25H29N5O. The lowest BCUT2D eigenvalue weighted by Crippen LogP contribution is -2.54. The van der Waals surface area contributed by atoms with Crippen LogP contribution in [0.1, 0.15) is 29.2 Å². The Morgan fingerprint density at radius 3 is 2.58 bits per heavy atom. The molecule has 1 unspecified atom stereocenters. The fourth-order valence-electron chi connectivity index (χ4n) is 4.78. The zero-order valence-electron chi connectivity index (χ0n) is 18.4. The minimum atomic E-state index is -0.248. The number of aryl methyl sites for hydroxylation is 2. The Labute approximate surface area is 183 Å². The molecule has 1 atom stereocenters. The molecule has 2 aliphatic heterocycles. The summed E-state index contributed by atoms with van der Waals surface area (Å²) in [5.41, 5.74) is 7.65. The zero-order chi connectivity index (χ0) is 21.5. The molecule has 6 nitrogen and oxygen atoms in total. The van der Waals surface area contributed by atoms with E-state index >= 15 is 0 Å². The number of nitrogens with zero attached hydrogens (tertiary/aromatic N) is 3. The first-order valence-corrected chi connectivity index (χ1v) is 11.1. The predicted octanol–water partition coefficient (Wildman–Crippen LogP) is 3.07. The molecule has 0 fully saturated rings. The van der Waals surface area contributed by atoms with Crippen LogP contribution in [0.4, 0.5) is 11.4 Å². The van der Waals surface area contributed by atoms with Gasteiger partial charge in [0.25, 0.3) is 5.91 Å². The van der Waals surface area contributed by atoms with Gasteiger partial charge < -0.3 is 15.5 Å². The Balaban J connectivity index is 1.31. The lowest BCUT2D eigenvalue weighted by atomic mass is 10.0. The van der Waals surface area contributed by atoms with Gasteiger partial charge in [-0.3, -0.25) is 4.79 Å². The van der Waals surface area contributed by atoms with Crippen molar-refractivity contribution in [1.82, 2.24) is 10.6 Å². The summed E-state index contributed by atoms with van der Waals surface area (Å²) in [7, 11) is 0. The molecule has 3 aliphatic rings. The van der Waals surface area contributed by atoms with E-state index in [1.54, 1.807) is 0 Å². The van der Waals surface area contributed by atoms with Crippen molar-refractivity contribution in [2.75, 3.05) is 24.5 Å². The van der Waals surface area contributed by atoms with Gasteiger partial charge in [0.1, 0.15) is 6.17 Å². The van der Waals surface area contributed by atoms with Crippen LogP contribution in [0.2, 0.25) is 0 Å². The van der Waals surface area contributed by atoms with E-state index in [9.17, 15) is 4.79 Å². The van der Waals surface area contributed by atoms with Crippen LogP contribution in [-0.2, 0) is 17.6 Å². The van der Waals surface area contributed by atoms with Crippen molar-refractivity contribution in [3.63, 3.8) is 0 Å². The van der Waals surface area contributed by atoms with Crippen LogP contribution < -0.4 is 15.5 Å². The average molecular weight is 416 g/mol. The fraction of sp³-hybridized carbons (Fsp3) is 0.400. The van der Waals surface area contributed by atoms with Gasteiger partial charge in [-0.25, -0.2) is 9.98 Å². The molecule has 0 bridgehead atoms. The summed E-state index contributed by atoms with van der Waals surface area (Å²) >= 11 is 0. The highest BCUT2D eigenvalue weighted by atomic mass is 16.2. The molecule has 160 valence electrons. The van der Waals surface area contributed by atoms with Crippen molar-refractivity contribution in [3.05, 3.63) is 58.7 Å². The number of anilines is 1. The van der Waals surface area contributed by atoms with Gasteiger partial charge in [0, 0.05) is 13.1 Å². The van der Waals surface area contributed by atoms with Gasteiger partial charge in [-0.2, -0.15) is 0 Å². The van der Waals surface area contributed by atoms with Crippen molar-refractivity contribution in [2.45, 2.75) is 39.8 Å². The molecule has 0 spiro atoms. The maximum Gasteiger partial charge on any atom is 0.275 e. The smallest absolute Gasteiger partial charge is 0.275 e. The molecular weight excluding hydrogens is 386 g/mol. The first-order chi connectivity index (χ1) is 15.0. The van der Waals surface area contributed by atoms with Crippen molar-refractivity contribution >= 4 is 28.8 Å². The number of rotatable bonds is 5. The summed E-state index contributed by atoms with van der Waals surface area (Å²) < 4.78 is 0. The molecule has 1 amide bonds. The molecule has 2 aromatic rings. The first kappa shape index (κ1) is 19.9. The van der Waals surface area contributed by atoms with Crippen molar-refractivity contribution in [1.29, 1.82) is 0 Å². The zero-order valence-corrected chi connectivity index (χ0v) is 18.4. The molecule has 5 rings (SSSR count). The molecule has 0 radical (unpaired) electrons. The first-order valence-electron chi connectivity index (χ1n) is 11.1. The molecule has 2 heterocycles. The van der Waals surface area contributed by atoms with Crippen molar-refractivity contribution in [3.8, 4) is 0 Å². The van der Waals surface area contributed by atoms with Crippen LogP contribution in [0.25, 0.3) is 0 Å². The summed E-state index contributed by atoms with van der Waals surface area (Å²) in [5, 5.41) is 6.52. The van der Waals surface area contributed by atoms with Crippen LogP contribution in [0.15, 0.2) is 46.4 Å². The number of amides is 1. The van der Waals surface area contributed by atoms with Crippen LogP contribution in [0, 0.1) is 19.8 Å². The van der Waals surface area contributed by atoms with Crippen molar-refractivity contribution < 1.29 is 4.79 Å². The van der Waals surface area contributed by atoms with Gasteiger partial charge in [-0.1, -0.05) is 24.3 Å². The second kappa shape index (κ2) is 7.93. The van der Waals surface area contributed by atoms with Crippen LogP contribution >= 0.6 is 0 Å². The third kappa shape index (κ3) is 3.76. The number of benzene rings is 2. The Kier molecular flexibility index (Phi) is 5.10. The van der Waals surface area contributed by atoms with Gasteiger partial charge in [-0.15, -0.1) is 0 Å². The molecule has 6 heteroatoms. The summed E-state index contributed by atoms with van der Waals surface area (Å²) in [6.45, 7) is 8.64. The maximum absolute atomic E-state index is 12.6. The Bertz CT molecular complexity index is 1080. The normalized spacial score (nSPS) is 19.9. The number of hydrogen-bond donors (Lipinski definition) is 2. The number of hydrogen-bond acceptors (Lipinski definition) is 5. The summed E-state index contributed by atoms with van der Waals surface area (Å²) in [6.07, 6.45) is 2.05. The lowest BCUT2D eigenvalue weighted by molar-refractivity contribution is -0.115. The van der Waals surface area contributed by atoms with E-state index in [1.807, 2.05) is 6.92 Å². The Morgan fingerprint density at radius 1 is 1.13 bits per heavy atom. The van der Waals surface area contributed by atoms with Crippen molar-refractivity contribution in [2.24, 2.45) is 15.9 Å².